The van der Waals surface area contributed by atoms with E-state index in [1.807, 2.05) is 13.8 Å². The van der Waals surface area contributed by atoms with Gasteiger partial charge in [-0.15, -0.1) is 0 Å². The lowest BCUT2D eigenvalue weighted by molar-refractivity contribution is -0.128. The molecule has 0 aromatic heterocycles. The molecule has 0 aliphatic heterocycles. The topological polar surface area (TPSA) is 64.3 Å². The molecule has 106 valence electrons. The molecule has 1 amide bonds. The summed E-state index contributed by atoms with van der Waals surface area (Å²) in [5, 5.41) is 2.82. The van der Waals surface area contributed by atoms with Crippen LogP contribution in [0.3, 0.4) is 0 Å². The first kappa shape index (κ1) is 15.3. The lowest BCUT2D eigenvalue weighted by atomic mass is 10.2. The molecule has 0 aliphatic rings. The predicted octanol–water partition coefficient (Wildman–Crippen LogP) is 2.48. The predicted molar refractivity (Wildman–Crippen MR) is 73.4 cm³/mol. The number of ether oxygens (including phenoxy) is 1. The number of rotatable bonds is 6. The summed E-state index contributed by atoms with van der Waals surface area (Å²) < 4.78 is 18.8. The van der Waals surface area contributed by atoms with Gasteiger partial charge in [0.15, 0.2) is 17.7 Å². The van der Waals surface area contributed by atoms with Crippen LogP contribution >= 0.6 is 0 Å². The van der Waals surface area contributed by atoms with Gasteiger partial charge in [-0.3, -0.25) is 4.79 Å². The fourth-order valence-corrected chi connectivity index (χ4v) is 1.72. The van der Waals surface area contributed by atoms with Gasteiger partial charge in [0.1, 0.15) is 0 Å². The number of anilines is 1. The Morgan fingerprint density at radius 3 is 2.74 bits per heavy atom. The molecule has 0 radical (unpaired) electrons. The number of hydrogen-bond acceptors (Lipinski definition) is 3. The summed E-state index contributed by atoms with van der Waals surface area (Å²) in [7, 11) is 0. The minimum absolute atomic E-state index is 0.0278. The first-order valence-electron chi connectivity index (χ1n) is 6.46. The molecule has 0 saturated heterocycles. The van der Waals surface area contributed by atoms with Crippen LogP contribution in [0.25, 0.3) is 0 Å². The summed E-state index contributed by atoms with van der Waals surface area (Å²) >= 11 is 0. The van der Waals surface area contributed by atoms with E-state index < -0.39 is 11.9 Å². The summed E-state index contributed by atoms with van der Waals surface area (Å²) in [6.45, 7) is 5.56. The van der Waals surface area contributed by atoms with E-state index in [0.29, 0.717) is 5.69 Å². The number of carbonyl (C=O) groups excluding carboxylic acids is 1. The highest BCUT2D eigenvalue weighted by molar-refractivity contribution is 5.81. The van der Waals surface area contributed by atoms with Crippen molar-refractivity contribution in [3.63, 3.8) is 0 Å². The highest BCUT2D eigenvalue weighted by Crippen LogP contribution is 2.20. The highest BCUT2D eigenvalue weighted by Gasteiger charge is 2.18. The molecule has 0 aliphatic carbocycles. The largest absolute Gasteiger partial charge is 0.478 e. The van der Waals surface area contributed by atoms with E-state index in [0.717, 1.165) is 12.8 Å². The summed E-state index contributed by atoms with van der Waals surface area (Å²) in [5.74, 6) is -0.793. The Labute approximate surface area is 113 Å². The second-order valence-electron chi connectivity index (χ2n) is 4.65. The fraction of sp³-hybridized carbons (Fsp3) is 0.500. The van der Waals surface area contributed by atoms with Crippen LogP contribution < -0.4 is 15.8 Å². The van der Waals surface area contributed by atoms with Crippen LogP contribution in [-0.4, -0.2) is 18.1 Å². The van der Waals surface area contributed by atoms with Crippen LogP contribution in [-0.2, 0) is 4.79 Å². The Bertz CT molecular complexity index is 437. The maximum Gasteiger partial charge on any atom is 0.260 e. The Morgan fingerprint density at radius 2 is 2.16 bits per heavy atom. The Morgan fingerprint density at radius 1 is 1.47 bits per heavy atom. The normalized spacial score (nSPS) is 13.7. The molecule has 2 atom stereocenters. The minimum Gasteiger partial charge on any atom is -0.478 e. The van der Waals surface area contributed by atoms with Gasteiger partial charge in [-0.2, -0.15) is 0 Å². The van der Waals surface area contributed by atoms with Crippen molar-refractivity contribution in [3.05, 3.63) is 24.0 Å². The first-order valence-corrected chi connectivity index (χ1v) is 6.46. The molecule has 0 fully saturated rings. The maximum absolute atomic E-state index is 13.5. The zero-order valence-electron chi connectivity index (χ0n) is 11.6. The Kier molecular flexibility index (Phi) is 5.60. The van der Waals surface area contributed by atoms with Gasteiger partial charge in [0.25, 0.3) is 5.91 Å². The number of nitrogens with two attached hydrogens (primary N) is 1. The van der Waals surface area contributed by atoms with Crippen molar-refractivity contribution in [3.8, 4) is 5.75 Å². The Balaban J connectivity index is 2.58. The van der Waals surface area contributed by atoms with Crippen LogP contribution in [0.1, 0.15) is 33.6 Å². The van der Waals surface area contributed by atoms with Crippen LogP contribution in [0.4, 0.5) is 10.1 Å². The number of carbonyl (C=O) groups is 1. The number of benzene rings is 1. The standard InChI is InChI=1S/C14H21FN2O2/c1-4-5-9(2)17-14(18)10(3)19-13-7-6-11(16)8-12(13)15/h6-10H,4-5,16H2,1-3H3,(H,17,18). The van der Waals surface area contributed by atoms with Crippen molar-refractivity contribution in [2.45, 2.75) is 45.8 Å². The van der Waals surface area contributed by atoms with E-state index in [4.69, 9.17) is 10.5 Å². The molecule has 1 aromatic rings. The molecule has 2 unspecified atom stereocenters. The van der Waals surface area contributed by atoms with Crippen molar-refractivity contribution in [2.75, 3.05) is 5.73 Å². The Hall–Kier alpha value is -1.78. The fourth-order valence-electron chi connectivity index (χ4n) is 1.72. The second-order valence-corrected chi connectivity index (χ2v) is 4.65. The van der Waals surface area contributed by atoms with Crippen LogP contribution in [0.2, 0.25) is 0 Å². The number of hydrogen-bond donors (Lipinski definition) is 2. The van der Waals surface area contributed by atoms with Crippen molar-refractivity contribution < 1.29 is 13.9 Å². The van der Waals surface area contributed by atoms with Gasteiger partial charge in [-0.1, -0.05) is 13.3 Å². The van der Waals surface area contributed by atoms with E-state index in [2.05, 4.69) is 5.32 Å². The van der Waals surface area contributed by atoms with E-state index in [9.17, 15) is 9.18 Å². The summed E-state index contributed by atoms with van der Waals surface area (Å²) in [4.78, 5) is 11.8. The lowest BCUT2D eigenvalue weighted by Crippen LogP contribution is -2.41. The molecule has 19 heavy (non-hydrogen) atoms. The van der Waals surface area contributed by atoms with Gasteiger partial charge in [0.2, 0.25) is 0 Å². The number of nitrogen functional groups attached to an aromatic ring is 1. The van der Waals surface area contributed by atoms with Gasteiger partial charge < -0.3 is 15.8 Å². The van der Waals surface area contributed by atoms with Gasteiger partial charge in [0.05, 0.1) is 0 Å². The van der Waals surface area contributed by atoms with Gasteiger partial charge >= 0.3 is 0 Å². The smallest absolute Gasteiger partial charge is 0.260 e. The summed E-state index contributed by atoms with van der Waals surface area (Å²) in [5.41, 5.74) is 5.76. The second kappa shape index (κ2) is 6.97. The zero-order chi connectivity index (χ0) is 14.4. The van der Waals surface area contributed by atoms with Crippen molar-refractivity contribution >= 4 is 11.6 Å². The molecule has 3 N–H and O–H groups in total. The molecular formula is C14H21FN2O2. The van der Waals surface area contributed by atoms with Gasteiger partial charge in [-0.05, 0) is 32.4 Å². The highest BCUT2D eigenvalue weighted by atomic mass is 19.1. The number of nitrogens with one attached hydrogen (secondary N) is 1. The molecule has 4 nitrogen and oxygen atoms in total. The molecule has 0 bridgehead atoms. The lowest BCUT2D eigenvalue weighted by Gasteiger charge is -2.18. The van der Waals surface area contributed by atoms with Crippen LogP contribution in [0.5, 0.6) is 5.75 Å². The third kappa shape index (κ3) is 4.77. The molecule has 5 heteroatoms. The molecule has 0 spiro atoms. The van der Waals surface area contributed by atoms with Gasteiger partial charge in [0, 0.05) is 17.8 Å². The van der Waals surface area contributed by atoms with Crippen molar-refractivity contribution in [1.82, 2.24) is 5.32 Å². The molecule has 1 aromatic carbocycles. The maximum atomic E-state index is 13.5. The first-order chi connectivity index (χ1) is 8.93. The summed E-state index contributed by atoms with van der Waals surface area (Å²) in [6, 6.07) is 4.20. The SMILES string of the molecule is CCCC(C)NC(=O)C(C)Oc1ccc(N)cc1F. The van der Waals surface area contributed by atoms with E-state index in [1.54, 1.807) is 6.92 Å². The number of halogens is 1. The van der Waals surface area contributed by atoms with E-state index in [-0.39, 0.29) is 17.7 Å². The summed E-state index contributed by atoms with van der Waals surface area (Å²) in [6.07, 6.45) is 1.13. The average molecular weight is 268 g/mol. The van der Waals surface area contributed by atoms with Crippen molar-refractivity contribution in [2.24, 2.45) is 0 Å². The number of amides is 1. The molecule has 1 rings (SSSR count). The molecule has 0 heterocycles. The van der Waals surface area contributed by atoms with Gasteiger partial charge in [-0.25, -0.2) is 4.39 Å². The van der Waals surface area contributed by atoms with Crippen molar-refractivity contribution in [1.29, 1.82) is 0 Å². The molecular weight excluding hydrogens is 247 g/mol. The van der Waals surface area contributed by atoms with E-state index >= 15 is 0 Å². The third-order valence-electron chi connectivity index (χ3n) is 2.74. The zero-order valence-corrected chi connectivity index (χ0v) is 11.6. The van der Waals surface area contributed by atoms with Crippen LogP contribution in [0, 0.1) is 5.82 Å². The molecule has 0 saturated carbocycles. The third-order valence-corrected chi connectivity index (χ3v) is 2.74. The quantitative estimate of drug-likeness (QED) is 0.779. The van der Waals surface area contributed by atoms with E-state index in [1.165, 1.54) is 18.2 Å². The average Bonchev–Trinajstić information content (AvgIpc) is 2.32. The monoisotopic (exact) mass is 268 g/mol. The minimum atomic E-state index is -0.752. The van der Waals surface area contributed by atoms with Crippen LogP contribution in [0.15, 0.2) is 18.2 Å².